The van der Waals surface area contributed by atoms with E-state index in [1.165, 1.54) is 5.56 Å². The van der Waals surface area contributed by atoms with Crippen LogP contribution in [-0.4, -0.2) is 47.4 Å². The van der Waals surface area contributed by atoms with E-state index in [0.717, 1.165) is 5.56 Å². The number of carbonyl (C=O) groups excluding carboxylic acids is 1. The molecule has 2 heterocycles. The third-order valence-electron chi connectivity index (χ3n) is 4.70. The highest BCUT2D eigenvalue weighted by atomic mass is 16.6. The second-order valence-corrected chi connectivity index (χ2v) is 6.90. The molecular formula is C20H23N5O2. The number of hydrogen-bond donors (Lipinski definition) is 0. The van der Waals surface area contributed by atoms with E-state index in [0.29, 0.717) is 49.4 Å². The number of nitriles is 1. The van der Waals surface area contributed by atoms with Gasteiger partial charge in [0.1, 0.15) is 11.8 Å². The molecule has 1 fully saturated rings. The van der Waals surface area contributed by atoms with Crippen molar-refractivity contribution in [3.8, 4) is 11.8 Å². The SMILES string of the molecule is Cc1cc(OC(=O)N2CCN(c3ccc(C#N)nn3)CC2)ccc1C(C)C. The molecule has 140 valence electrons. The Labute approximate surface area is 159 Å². The molecule has 0 unspecified atom stereocenters. The van der Waals surface area contributed by atoms with E-state index < -0.39 is 0 Å². The molecule has 7 nitrogen and oxygen atoms in total. The van der Waals surface area contributed by atoms with Crippen LogP contribution in [0.25, 0.3) is 0 Å². The molecule has 0 spiro atoms. The van der Waals surface area contributed by atoms with Crippen LogP contribution in [0, 0.1) is 18.3 Å². The zero-order chi connectivity index (χ0) is 19.4. The summed E-state index contributed by atoms with van der Waals surface area (Å²) in [5.41, 5.74) is 2.67. The van der Waals surface area contributed by atoms with Crippen molar-refractivity contribution in [2.45, 2.75) is 26.7 Å². The van der Waals surface area contributed by atoms with Crippen LogP contribution in [-0.2, 0) is 0 Å². The van der Waals surface area contributed by atoms with Gasteiger partial charge < -0.3 is 14.5 Å². The molecule has 1 aliphatic rings. The molecule has 1 amide bonds. The van der Waals surface area contributed by atoms with Crippen LogP contribution >= 0.6 is 0 Å². The quantitative estimate of drug-likeness (QED) is 0.831. The number of benzene rings is 1. The molecule has 0 saturated carbocycles. The molecule has 0 bridgehead atoms. The molecule has 27 heavy (non-hydrogen) atoms. The first kappa shape index (κ1) is 18.6. The van der Waals surface area contributed by atoms with Gasteiger partial charge >= 0.3 is 6.09 Å². The van der Waals surface area contributed by atoms with Crippen LogP contribution in [0.15, 0.2) is 30.3 Å². The maximum absolute atomic E-state index is 12.4. The second-order valence-electron chi connectivity index (χ2n) is 6.90. The second kappa shape index (κ2) is 8.04. The van der Waals surface area contributed by atoms with Crippen LogP contribution in [0.1, 0.15) is 36.6 Å². The number of anilines is 1. The fourth-order valence-corrected chi connectivity index (χ4v) is 3.20. The van der Waals surface area contributed by atoms with E-state index in [1.54, 1.807) is 17.0 Å². The van der Waals surface area contributed by atoms with Gasteiger partial charge in [0.25, 0.3) is 0 Å². The molecule has 7 heteroatoms. The predicted molar refractivity (Wildman–Crippen MR) is 102 cm³/mol. The van der Waals surface area contributed by atoms with Crippen molar-refractivity contribution < 1.29 is 9.53 Å². The van der Waals surface area contributed by atoms with Gasteiger partial charge in [0.15, 0.2) is 11.5 Å². The Hall–Kier alpha value is -3.14. The van der Waals surface area contributed by atoms with Crippen molar-refractivity contribution in [1.82, 2.24) is 15.1 Å². The lowest BCUT2D eigenvalue weighted by Crippen LogP contribution is -2.49. The standard InChI is InChI=1S/C20H23N5O2/c1-14(2)18-6-5-17(12-15(18)3)27-20(26)25-10-8-24(9-11-25)19-7-4-16(13-21)22-23-19/h4-7,12,14H,8-11H2,1-3H3. The zero-order valence-corrected chi connectivity index (χ0v) is 15.8. The molecule has 0 atom stereocenters. The van der Waals surface area contributed by atoms with Crippen molar-refractivity contribution in [1.29, 1.82) is 5.26 Å². The number of piperazine rings is 1. The largest absolute Gasteiger partial charge is 0.415 e. The molecule has 1 aliphatic heterocycles. The fraction of sp³-hybridized carbons (Fsp3) is 0.400. The Balaban J connectivity index is 1.57. The minimum atomic E-state index is -0.336. The number of aromatic nitrogens is 2. The summed E-state index contributed by atoms with van der Waals surface area (Å²) in [6.07, 6.45) is -0.336. The summed E-state index contributed by atoms with van der Waals surface area (Å²) in [5.74, 6) is 1.72. The third-order valence-corrected chi connectivity index (χ3v) is 4.70. The first-order valence-corrected chi connectivity index (χ1v) is 9.04. The molecule has 0 aliphatic carbocycles. The van der Waals surface area contributed by atoms with Gasteiger partial charge in [0.2, 0.25) is 0 Å². The maximum atomic E-state index is 12.4. The third kappa shape index (κ3) is 4.34. The normalized spacial score (nSPS) is 14.2. The molecule has 0 N–H and O–H groups in total. The number of hydrogen-bond acceptors (Lipinski definition) is 6. The van der Waals surface area contributed by atoms with Gasteiger partial charge in [-0.15, -0.1) is 10.2 Å². The highest BCUT2D eigenvalue weighted by Crippen LogP contribution is 2.24. The monoisotopic (exact) mass is 365 g/mol. The summed E-state index contributed by atoms with van der Waals surface area (Å²) in [7, 11) is 0. The van der Waals surface area contributed by atoms with Crippen molar-refractivity contribution in [2.24, 2.45) is 0 Å². The highest BCUT2D eigenvalue weighted by molar-refractivity contribution is 5.71. The minimum Gasteiger partial charge on any atom is -0.410 e. The van der Waals surface area contributed by atoms with E-state index >= 15 is 0 Å². The molecule has 3 rings (SSSR count). The van der Waals surface area contributed by atoms with E-state index in [4.69, 9.17) is 10.00 Å². The van der Waals surface area contributed by atoms with Crippen molar-refractivity contribution in [2.75, 3.05) is 31.1 Å². The molecule has 2 aromatic rings. The average Bonchev–Trinajstić information content (AvgIpc) is 2.68. The first-order chi connectivity index (χ1) is 13.0. The Morgan fingerprint density at radius 1 is 1.15 bits per heavy atom. The summed E-state index contributed by atoms with van der Waals surface area (Å²) in [4.78, 5) is 16.2. The summed E-state index contributed by atoms with van der Waals surface area (Å²) in [6.45, 7) is 8.69. The number of nitrogens with zero attached hydrogens (tertiary/aromatic N) is 5. The molecule has 1 aromatic heterocycles. The molecule has 1 aromatic carbocycles. The Morgan fingerprint density at radius 3 is 2.44 bits per heavy atom. The van der Waals surface area contributed by atoms with Gasteiger partial charge in [-0.2, -0.15) is 5.26 Å². The van der Waals surface area contributed by atoms with Crippen LogP contribution in [0.4, 0.5) is 10.6 Å². The number of aryl methyl sites for hydroxylation is 1. The van der Waals surface area contributed by atoms with E-state index in [1.807, 2.05) is 36.1 Å². The van der Waals surface area contributed by atoms with Crippen molar-refractivity contribution >= 4 is 11.9 Å². The Bertz CT molecular complexity index is 850. The topological polar surface area (TPSA) is 82.4 Å². The van der Waals surface area contributed by atoms with Gasteiger partial charge in [-0.25, -0.2) is 4.79 Å². The summed E-state index contributed by atoms with van der Waals surface area (Å²) in [5, 5.41) is 16.7. The molecule has 1 saturated heterocycles. The van der Waals surface area contributed by atoms with Crippen LogP contribution < -0.4 is 9.64 Å². The summed E-state index contributed by atoms with van der Waals surface area (Å²) >= 11 is 0. The summed E-state index contributed by atoms with van der Waals surface area (Å²) in [6, 6.07) is 11.2. The average molecular weight is 365 g/mol. The Morgan fingerprint density at radius 2 is 1.89 bits per heavy atom. The van der Waals surface area contributed by atoms with E-state index in [9.17, 15) is 4.79 Å². The Kier molecular flexibility index (Phi) is 5.55. The maximum Gasteiger partial charge on any atom is 0.415 e. The smallest absolute Gasteiger partial charge is 0.410 e. The lowest BCUT2D eigenvalue weighted by Gasteiger charge is -2.34. The highest BCUT2D eigenvalue weighted by Gasteiger charge is 2.23. The molecule has 0 radical (unpaired) electrons. The number of rotatable bonds is 3. The molecular weight excluding hydrogens is 342 g/mol. The fourth-order valence-electron chi connectivity index (χ4n) is 3.20. The van der Waals surface area contributed by atoms with Gasteiger partial charge in [-0.05, 0) is 48.2 Å². The van der Waals surface area contributed by atoms with E-state index in [-0.39, 0.29) is 6.09 Å². The number of carbonyl (C=O) groups is 1. The first-order valence-electron chi connectivity index (χ1n) is 9.04. The van der Waals surface area contributed by atoms with E-state index in [2.05, 4.69) is 24.0 Å². The predicted octanol–water partition coefficient (Wildman–Crippen LogP) is 3.10. The number of ether oxygens (including phenoxy) is 1. The minimum absolute atomic E-state index is 0.291. The number of amides is 1. The van der Waals surface area contributed by atoms with Crippen LogP contribution in [0.5, 0.6) is 5.75 Å². The van der Waals surface area contributed by atoms with Crippen LogP contribution in [0.2, 0.25) is 0 Å². The summed E-state index contributed by atoms with van der Waals surface area (Å²) < 4.78 is 5.55. The van der Waals surface area contributed by atoms with Crippen molar-refractivity contribution in [3.63, 3.8) is 0 Å². The lowest BCUT2D eigenvalue weighted by molar-refractivity contribution is 0.149. The van der Waals surface area contributed by atoms with Gasteiger partial charge in [-0.3, -0.25) is 0 Å². The van der Waals surface area contributed by atoms with Gasteiger partial charge in [0, 0.05) is 26.2 Å². The van der Waals surface area contributed by atoms with Crippen LogP contribution in [0.3, 0.4) is 0 Å². The van der Waals surface area contributed by atoms with Gasteiger partial charge in [0.05, 0.1) is 0 Å². The zero-order valence-electron chi connectivity index (χ0n) is 15.8. The van der Waals surface area contributed by atoms with Crippen molar-refractivity contribution in [3.05, 3.63) is 47.2 Å². The lowest BCUT2D eigenvalue weighted by atomic mass is 9.98. The van der Waals surface area contributed by atoms with Gasteiger partial charge in [-0.1, -0.05) is 19.9 Å².